The molecule has 2 aliphatic rings. The second-order valence-electron chi connectivity index (χ2n) is 5.79. The lowest BCUT2D eigenvalue weighted by Crippen LogP contribution is -2.52. The molecule has 2 fully saturated rings. The standard InChI is InChI=1S/C14H25N3O2/c15-14(19)12-8-4-5-9-17(12)10-13(18)16-11-6-2-1-3-7-11/h11-12H,1-10H2,(H2,15,19)(H,16,18). The van der Waals surface area contributed by atoms with Gasteiger partial charge in [0, 0.05) is 6.04 Å². The average Bonchev–Trinajstić information content (AvgIpc) is 2.40. The average molecular weight is 267 g/mol. The van der Waals surface area contributed by atoms with Crippen LogP contribution in [0.25, 0.3) is 0 Å². The number of carbonyl (C=O) groups is 2. The van der Waals surface area contributed by atoms with Gasteiger partial charge in [0.15, 0.2) is 0 Å². The predicted octanol–water partition coefficient (Wildman–Crippen LogP) is 0.775. The molecule has 1 unspecified atom stereocenters. The van der Waals surface area contributed by atoms with Crippen molar-refractivity contribution in [2.75, 3.05) is 13.1 Å². The van der Waals surface area contributed by atoms with Gasteiger partial charge in [0.1, 0.15) is 0 Å². The normalized spacial score (nSPS) is 26.0. The molecule has 1 atom stereocenters. The Morgan fingerprint density at radius 3 is 2.42 bits per heavy atom. The molecule has 5 heteroatoms. The number of amides is 2. The van der Waals surface area contributed by atoms with Crippen molar-refractivity contribution in [3.63, 3.8) is 0 Å². The number of primary amides is 1. The molecule has 0 bridgehead atoms. The van der Waals surface area contributed by atoms with Gasteiger partial charge in [-0.1, -0.05) is 25.7 Å². The molecule has 2 amide bonds. The maximum Gasteiger partial charge on any atom is 0.234 e. The molecule has 0 aromatic carbocycles. The van der Waals surface area contributed by atoms with E-state index in [4.69, 9.17) is 5.73 Å². The molecule has 1 aliphatic carbocycles. The molecule has 0 aromatic heterocycles. The van der Waals surface area contributed by atoms with E-state index >= 15 is 0 Å². The molecular formula is C14H25N3O2. The molecule has 0 aromatic rings. The molecule has 0 radical (unpaired) electrons. The third-order valence-electron chi connectivity index (χ3n) is 4.26. The highest BCUT2D eigenvalue weighted by Crippen LogP contribution is 2.18. The Kier molecular flexibility index (Phi) is 5.19. The van der Waals surface area contributed by atoms with Gasteiger partial charge in [-0.25, -0.2) is 0 Å². The van der Waals surface area contributed by atoms with E-state index in [1.54, 1.807) is 0 Å². The molecule has 2 rings (SSSR count). The van der Waals surface area contributed by atoms with Crippen LogP contribution in [0.1, 0.15) is 51.4 Å². The molecule has 1 heterocycles. The summed E-state index contributed by atoms with van der Waals surface area (Å²) < 4.78 is 0. The Morgan fingerprint density at radius 2 is 1.74 bits per heavy atom. The SMILES string of the molecule is NC(=O)C1CCCCN1CC(=O)NC1CCCCC1. The summed E-state index contributed by atoms with van der Waals surface area (Å²) in [6.45, 7) is 1.11. The van der Waals surface area contributed by atoms with Crippen molar-refractivity contribution in [2.24, 2.45) is 5.73 Å². The van der Waals surface area contributed by atoms with Crippen LogP contribution in [0.5, 0.6) is 0 Å². The summed E-state index contributed by atoms with van der Waals surface area (Å²) in [6, 6.07) is 0.0731. The van der Waals surface area contributed by atoms with Crippen molar-refractivity contribution >= 4 is 11.8 Å². The third kappa shape index (κ3) is 4.20. The summed E-state index contributed by atoms with van der Waals surface area (Å²) in [6.07, 6.45) is 8.72. The number of nitrogens with two attached hydrogens (primary N) is 1. The number of nitrogens with one attached hydrogen (secondary N) is 1. The summed E-state index contributed by atoms with van der Waals surface area (Å²) in [5.41, 5.74) is 5.41. The minimum atomic E-state index is -0.301. The van der Waals surface area contributed by atoms with Crippen LogP contribution in [-0.4, -0.2) is 41.9 Å². The topological polar surface area (TPSA) is 75.4 Å². The Labute approximate surface area is 114 Å². The fraction of sp³-hybridized carbons (Fsp3) is 0.857. The van der Waals surface area contributed by atoms with Gasteiger partial charge in [-0.3, -0.25) is 14.5 Å². The van der Waals surface area contributed by atoms with Crippen molar-refractivity contribution < 1.29 is 9.59 Å². The second-order valence-corrected chi connectivity index (χ2v) is 5.79. The summed E-state index contributed by atoms with van der Waals surface area (Å²) in [5.74, 6) is -0.259. The van der Waals surface area contributed by atoms with Gasteiger partial charge in [-0.15, -0.1) is 0 Å². The first-order valence-electron chi connectivity index (χ1n) is 7.49. The highest BCUT2D eigenvalue weighted by molar-refractivity contribution is 5.82. The lowest BCUT2D eigenvalue weighted by atomic mass is 9.95. The van der Waals surface area contributed by atoms with Crippen LogP contribution < -0.4 is 11.1 Å². The lowest BCUT2D eigenvalue weighted by molar-refractivity contribution is -0.128. The lowest BCUT2D eigenvalue weighted by Gasteiger charge is -2.33. The third-order valence-corrected chi connectivity index (χ3v) is 4.26. The van der Waals surface area contributed by atoms with E-state index in [1.165, 1.54) is 19.3 Å². The number of hydrogen-bond donors (Lipinski definition) is 2. The summed E-state index contributed by atoms with van der Waals surface area (Å²) in [5, 5.41) is 3.09. The molecule has 19 heavy (non-hydrogen) atoms. The molecular weight excluding hydrogens is 242 g/mol. The predicted molar refractivity (Wildman–Crippen MR) is 73.4 cm³/mol. The largest absolute Gasteiger partial charge is 0.368 e. The number of likely N-dealkylation sites (tertiary alicyclic amines) is 1. The summed E-state index contributed by atoms with van der Waals surface area (Å²) in [4.78, 5) is 25.4. The van der Waals surface area contributed by atoms with Gasteiger partial charge in [0.25, 0.3) is 0 Å². The van der Waals surface area contributed by atoms with Crippen LogP contribution in [0.15, 0.2) is 0 Å². The van der Waals surface area contributed by atoms with Gasteiger partial charge >= 0.3 is 0 Å². The minimum absolute atomic E-state index is 0.0417. The van der Waals surface area contributed by atoms with Crippen LogP contribution in [0, 0.1) is 0 Å². The van der Waals surface area contributed by atoms with E-state index in [0.29, 0.717) is 12.6 Å². The fourth-order valence-corrected chi connectivity index (χ4v) is 3.21. The van der Waals surface area contributed by atoms with Crippen LogP contribution in [0.2, 0.25) is 0 Å². The van der Waals surface area contributed by atoms with E-state index in [2.05, 4.69) is 5.32 Å². The van der Waals surface area contributed by atoms with Crippen LogP contribution >= 0.6 is 0 Å². The first-order chi connectivity index (χ1) is 9.16. The van der Waals surface area contributed by atoms with Crippen molar-refractivity contribution in [1.29, 1.82) is 0 Å². The first kappa shape index (κ1) is 14.3. The van der Waals surface area contributed by atoms with Crippen LogP contribution in [0.4, 0.5) is 0 Å². The first-order valence-corrected chi connectivity index (χ1v) is 7.49. The zero-order chi connectivity index (χ0) is 13.7. The highest BCUT2D eigenvalue weighted by Gasteiger charge is 2.28. The quantitative estimate of drug-likeness (QED) is 0.790. The molecule has 3 N–H and O–H groups in total. The second kappa shape index (κ2) is 6.89. The van der Waals surface area contributed by atoms with Gasteiger partial charge in [-0.05, 0) is 32.2 Å². The van der Waals surface area contributed by atoms with Gasteiger partial charge < -0.3 is 11.1 Å². The van der Waals surface area contributed by atoms with Crippen molar-refractivity contribution in [3.05, 3.63) is 0 Å². The van der Waals surface area contributed by atoms with Crippen molar-refractivity contribution in [1.82, 2.24) is 10.2 Å². The van der Waals surface area contributed by atoms with Crippen LogP contribution in [0.3, 0.4) is 0 Å². The zero-order valence-electron chi connectivity index (χ0n) is 11.6. The Hall–Kier alpha value is -1.10. The van der Waals surface area contributed by atoms with Gasteiger partial charge in [0.05, 0.1) is 12.6 Å². The Morgan fingerprint density at radius 1 is 1.05 bits per heavy atom. The molecule has 1 saturated carbocycles. The summed E-state index contributed by atoms with van der Waals surface area (Å²) in [7, 11) is 0. The highest BCUT2D eigenvalue weighted by atomic mass is 16.2. The van der Waals surface area contributed by atoms with E-state index in [1.807, 2.05) is 4.90 Å². The number of hydrogen-bond acceptors (Lipinski definition) is 3. The number of nitrogens with zero attached hydrogens (tertiary/aromatic N) is 1. The van der Waals surface area contributed by atoms with Gasteiger partial charge in [-0.2, -0.15) is 0 Å². The molecule has 1 saturated heterocycles. The molecule has 5 nitrogen and oxygen atoms in total. The Bertz CT molecular complexity index is 327. The van der Waals surface area contributed by atoms with Crippen molar-refractivity contribution in [2.45, 2.75) is 63.5 Å². The van der Waals surface area contributed by atoms with Gasteiger partial charge in [0.2, 0.25) is 11.8 Å². The van der Waals surface area contributed by atoms with E-state index in [-0.39, 0.29) is 17.9 Å². The number of rotatable bonds is 4. The monoisotopic (exact) mass is 267 g/mol. The zero-order valence-corrected chi connectivity index (χ0v) is 11.6. The maximum absolute atomic E-state index is 12.0. The van der Waals surface area contributed by atoms with Crippen LogP contribution in [-0.2, 0) is 9.59 Å². The smallest absolute Gasteiger partial charge is 0.234 e. The Balaban J connectivity index is 1.80. The number of carbonyl (C=O) groups excluding carboxylic acids is 2. The molecule has 1 aliphatic heterocycles. The fourth-order valence-electron chi connectivity index (χ4n) is 3.21. The van der Waals surface area contributed by atoms with E-state index in [0.717, 1.165) is 38.6 Å². The van der Waals surface area contributed by atoms with E-state index in [9.17, 15) is 9.59 Å². The van der Waals surface area contributed by atoms with E-state index < -0.39 is 0 Å². The number of piperidine rings is 1. The van der Waals surface area contributed by atoms with Crippen molar-refractivity contribution in [3.8, 4) is 0 Å². The molecule has 108 valence electrons. The summed E-state index contributed by atoms with van der Waals surface area (Å²) >= 11 is 0. The molecule has 0 spiro atoms. The maximum atomic E-state index is 12.0. The minimum Gasteiger partial charge on any atom is -0.368 e.